The quantitative estimate of drug-likeness (QED) is 0.606. The van der Waals surface area contributed by atoms with Gasteiger partial charge in [0.25, 0.3) is 0 Å². The minimum Gasteiger partial charge on any atom is -0.489 e. The highest BCUT2D eigenvalue weighted by molar-refractivity contribution is 7.90. The first-order valence-corrected chi connectivity index (χ1v) is 14.0. The van der Waals surface area contributed by atoms with Gasteiger partial charge in [-0.3, -0.25) is 0 Å². The summed E-state index contributed by atoms with van der Waals surface area (Å²) >= 11 is 0. The molecular weight excluding hydrogens is 444 g/mol. The van der Waals surface area contributed by atoms with E-state index >= 15 is 0 Å². The molecule has 3 atom stereocenters. The van der Waals surface area contributed by atoms with E-state index < -0.39 is 9.84 Å². The van der Waals surface area contributed by atoms with Crippen molar-refractivity contribution in [3.05, 3.63) is 17.8 Å². The van der Waals surface area contributed by atoms with Gasteiger partial charge >= 0.3 is 6.09 Å². The van der Waals surface area contributed by atoms with E-state index in [9.17, 15) is 13.2 Å². The van der Waals surface area contributed by atoms with E-state index in [2.05, 4.69) is 4.98 Å². The standard InChI is InChI=1S/C24H36N2O6S/c1-15(2)30-24(27)26-17-5-6-18(26)14-21(13-17)31-19-7-9-20(10-8-19)32-22-11-12-23(25-16(22)3)33(4,28)29/h11-12,15,17-21H,5-10,13-14H2,1-4H3/t17-,18+,19?,20?,21?. The Morgan fingerprint density at radius 2 is 1.61 bits per heavy atom. The highest BCUT2D eigenvalue weighted by atomic mass is 32.2. The molecule has 184 valence electrons. The van der Waals surface area contributed by atoms with Gasteiger partial charge in [0.2, 0.25) is 0 Å². The summed E-state index contributed by atoms with van der Waals surface area (Å²) in [6.45, 7) is 5.55. The average Bonchev–Trinajstić information content (AvgIpc) is 3.00. The Kier molecular flexibility index (Phi) is 7.19. The van der Waals surface area contributed by atoms with Gasteiger partial charge in [0, 0.05) is 18.3 Å². The second-order valence-electron chi connectivity index (χ2n) is 9.98. The van der Waals surface area contributed by atoms with Crippen LogP contribution in [0.15, 0.2) is 17.2 Å². The van der Waals surface area contributed by atoms with Crippen LogP contribution in [-0.4, -0.2) is 67.2 Å². The molecule has 3 aliphatic rings. The third kappa shape index (κ3) is 5.80. The van der Waals surface area contributed by atoms with Crippen LogP contribution >= 0.6 is 0 Å². The molecule has 0 radical (unpaired) electrons. The van der Waals surface area contributed by atoms with Gasteiger partial charge in [-0.25, -0.2) is 18.2 Å². The Morgan fingerprint density at radius 3 is 2.15 bits per heavy atom. The molecule has 4 rings (SSSR count). The summed E-state index contributed by atoms with van der Waals surface area (Å²) in [7, 11) is -3.33. The molecule has 33 heavy (non-hydrogen) atoms. The zero-order chi connectivity index (χ0) is 23.8. The molecule has 2 aliphatic heterocycles. The van der Waals surface area contributed by atoms with Crippen molar-refractivity contribution >= 4 is 15.9 Å². The van der Waals surface area contributed by atoms with Crippen molar-refractivity contribution in [3.63, 3.8) is 0 Å². The van der Waals surface area contributed by atoms with Crippen molar-refractivity contribution in [1.82, 2.24) is 9.88 Å². The number of piperidine rings is 1. The van der Waals surface area contributed by atoms with E-state index in [4.69, 9.17) is 14.2 Å². The second-order valence-corrected chi connectivity index (χ2v) is 11.9. The Hall–Kier alpha value is -1.87. The number of ether oxygens (including phenoxy) is 3. The summed E-state index contributed by atoms with van der Waals surface area (Å²) in [4.78, 5) is 18.6. The first-order valence-electron chi connectivity index (χ1n) is 12.1. The molecule has 9 heteroatoms. The van der Waals surface area contributed by atoms with Crippen molar-refractivity contribution < 1.29 is 27.4 Å². The SMILES string of the molecule is Cc1nc(S(C)(=O)=O)ccc1OC1CCC(OC2C[C@H]3CC[C@@H](C2)N3C(=O)OC(C)C)CC1. The third-order valence-electron chi connectivity index (χ3n) is 6.93. The average molecular weight is 481 g/mol. The van der Waals surface area contributed by atoms with Crippen LogP contribution in [0.25, 0.3) is 0 Å². The van der Waals surface area contributed by atoms with Crippen LogP contribution in [0, 0.1) is 6.92 Å². The Labute approximate surface area is 196 Å². The molecule has 1 aliphatic carbocycles. The fourth-order valence-electron chi connectivity index (χ4n) is 5.39. The summed E-state index contributed by atoms with van der Waals surface area (Å²) in [6, 6.07) is 3.66. The van der Waals surface area contributed by atoms with Crippen LogP contribution in [0.2, 0.25) is 0 Å². The van der Waals surface area contributed by atoms with Crippen molar-refractivity contribution in [1.29, 1.82) is 0 Å². The number of pyridine rings is 1. The Balaban J connectivity index is 1.25. The van der Waals surface area contributed by atoms with Gasteiger partial charge in [-0.2, -0.15) is 0 Å². The number of aryl methyl sites for hydroxylation is 1. The summed E-state index contributed by atoms with van der Waals surface area (Å²) in [5, 5.41) is 0.0712. The van der Waals surface area contributed by atoms with Crippen molar-refractivity contribution in [2.24, 2.45) is 0 Å². The third-order valence-corrected chi connectivity index (χ3v) is 7.92. The molecule has 0 N–H and O–H groups in total. The van der Waals surface area contributed by atoms with E-state index in [0.29, 0.717) is 11.4 Å². The van der Waals surface area contributed by atoms with Gasteiger partial charge in [-0.05, 0) is 84.3 Å². The fraction of sp³-hybridized carbons (Fsp3) is 0.750. The number of rotatable bonds is 6. The maximum atomic E-state index is 12.5. The maximum Gasteiger partial charge on any atom is 0.410 e. The highest BCUT2D eigenvalue weighted by Crippen LogP contribution is 2.39. The molecule has 1 aromatic heterocycles. The predicted octanol–water partition coefficient (Wildman–Crippen LogP) is 4.04. The first-order chi connectivity index (χ1) is 15.6. The monoisotopic (exact) mass is 480 g/mol. The molecule has 2 bridgehead atoms. The summed E-state index contributed by atoms with van der Waals surface area (Å²) in [5.74, 6) is 0.643. The minimum absolute atomic E-state index is 0.0712. The second kappa shape index (κ2) is 9.78. The topological polar surface area (TPSA) is 95.0 Å². The lowest BCUT2D eigenvalue weighted by Crippen LogP contribution is -2.50. The van der Waals surface area contributed by atoms with E-state index in [-0.39, 0.29) is 47.6 Å². The van der Waals surface area contributed by atoms with Gasteiger partial charge in [0.1, 0.15) is 5.75 Å². The molecule has 1 aromatic rings. The fourth-order valence-corrected chi connectivity index (χ4v) is 6.01. The van der Waals surface area contributed by atoms with Gasteiger partial charge in [-0.15, -0.1) is 0 Å². The van der Waals surface area contributed by atoms with E-state index in [1.54, 1.807) is 13.0 Å². The number of carbonyl (C=O) groups is 1. The van der Waals surface area contributed by atoms with Crippen LogP contribution in [0.5, 0.6) is 5.75 Å². The summed E-state index contributed by atoms with van der Waals surface area (Å²) in [5.41, 5.74) is 0.592. The first kappa shape index (κ1) is 24.3. The number of nitrogens with zero attached hydrogens (tertiary/aromatic N) is 2. The highest BCUT2D eigenvalue weighted by Gasteiger charge is 2.45. The van der Waals surface area contributed by atoms with Crippen molar-refractivity contribution in [3.8, 4) is 5.75 Å². The van der Waals surface area contributed by atoms with Crippen LogP contribution in [0.4, 0.5) is 4.79 Å². The van der Waals surface area contributed by atoms with E-state index in [1.165, 1.54) is 6.07 Å². The molecule has 1 saturated carbocycles. The molecule has 3 heterocycles. The smallest absolute Gasteiger partial charge is 0.410 e. The molecular formula is C24H36N2O6S. The zero-order valence-corrected chi connectivity index (χ0v) is 20.8. The predicted molar refractivity (Wildman–Crippen MR) is 123 cm³/mol. The van der Waals surface area contributed by atoms with E-state index in [0.717, 1.165) is 57.6 Å². The molecule has 3 fully saturated rings. The van der Waals surface area contributed by atoms with Crippen LogP contribution in [0.1, 0.15) is 70.9 Å². The number of hydrogen-bond acceptors (Lipinski definition) is 7. The zero-order valence-electron chi connectivity index (χ0n) is 20.0. The Morgan fingerprint density at radius 1 is 1.00 bits per heavy atom. The number of amides is 1. The lowest BCUT2D eigenvalue weighted by Gasteiger charge is -2.40. The summed E-state index contributed by atoms with van der Waals surface area (Å²) < 4.78 is 41.4. The number of carbonyl (C=O) groups excluding carboxylic acids is 1. The van der Waals surface area contributed by atoms with Crippen LogP contribution < -0.4 is 4.74 Å². The van der Waals surface area contributed by atoms with Gasteiger partial charge in [0.15, 0.2) is 14.9 Å². The lowest BCUT2D eigenvalue weighted by molar-refractivity contribution is -0.0787. The molecule has 8 nitrogen and oxygen atoms in total. The lowest BCUT2D eigenvalue weighted by atomic mass is 9.93. The maximum absolute atomic E-state index is 12.5. The van der Waals surface area contributed by atoms with Gasteiger partial charge < -0.3 is 19.1 Å². The van der Waals surface area contributed by atoms with Gasteiger partial charge in [0.05, 0.1) is 30.1 Å². The number of sulfone groups is 1. The van der Waals surface area contributed by atoms with Crippen molar-refractivity contribution in [2.75, 3.05) is 6.26 Å². The van der Waals surface area contributed by atoms with Crippen LogP contribution in [-0.2, 0) is 19.3 Å². The number of aromatic nitrogens is 1. The normalized spacial score (nSPS) is 29.8. The Bertz CT molecular complexity index is 944. The van der Waals surface area contributed by atoms with Gasteiger partial charge in [-0.1, -0.05) is 0 Å². The van der Waals surface area contributed by atoms with E-state index in [1.807, 2.05) is 18.7 Å². The minimum atomic E-state index is -3.33. The van der Waals surface area contributed by atoms with Crippen LogP contribution in [0.3, 0.4) is 0 Å². The molecule has 1 amide bonds. The van der Waals surface area contributed by atoms with Crippen molar-refractivity contribution in [2.45, 2.75) is 114 Å². The summed E-state index contributed by atoms with van der Waals surface area (Å²) in [6.07, 6.45) is 8.87. The molecule has 0 spiro atoms. The number of hydrogen-bond donors (Lipinski definition) is 0. The number of fused-ring (bicyclic) bond motifs is 2. The molecule has 0 aromatic carbocycles. The molecule has 1 unspecified atom stereocenters. The molecule has 2 saturated heterocycles. The largest absolute Gasteiger partial charge is 0.489 e.